The highest BCUT2D eigenvalue weighted by molar-refractivity contribution is 5.71. The van der Waals surface area contributed by atoms with E-state index >= 15 is 0 Å². The predicted molar refractivity (Wildman–Crippen MR) is 284 cm³/mol. The summed E-state index contributed by atoms with van der Waals surface area (Å²) in [7, 11) is 0. The Kier molecular flexibility index (Phi) is 51.9. The maximum atomic E-state index is 12.8. The molecule has 0 fully saturated rings. The fourth-order valence-electron chi connectivity index (χ4n) is 7.86. The molecule has 0 aliphatic rings. The lowest BCUT2D eigenvalue weighted by atomic mass is 10.0. The Morgan fingerprint density at radius 2 is 0.591 bits per heavy atom. The maximum Gasteiger partial charge on any atom is 0.306 e. The molecule has 66 heavy (non-hydrogen) atoms. The van der Waals surface area contributed by atoms with E-state index in [0.717, 1.165) is 83.5 Å². The number of esters is 3. The van der Waals surface area contributed by atoms with Crippen LogP contribution >= 0.6 is 0 Å². The Morgan fingerprint density at radius 3 is 0.955 bits per heavy atom. The molecule has 0 saturated heterocycles. The minimum Gasteiger partial charge on any atom is -0.462 e. The Hall–Kier alpha value is -3.15. The second-order valence-electron chi connectivity index (χ2n) is 18.6. The molecule has 0 aliphatic heterocycles. The lowest BCUT2D eigenvalue weighted by Gasteiger charge is -2.18. The monoisotopic (exact) mass is 921 g/mol. The Balaban J connectivity index is 4.41. The van der Waals surface area contributed by atoms with Gasteiger partial charge in [0, 0.05) is 19.3 Å². The van der Waals surface area contributed by atoms with Crippen molar-refractivity contribution in [1.29, 1.82) is 0 Å². The quantitative estimate of drug-likeness (QED) is 0.0262. The predicted octanol–water partition coefficient (Wildman–Crippen LogP) is 18.6. The van der Waals surface area contributed by atoms with E-state index in [1.54, 1.807) is 0 Å². The van der Waals surface area contributed by atoms with Crippen molar-refractivity contribution in [2.24, 2.45) is 0 Å². The topological polar surface area (TPSA) is 78.9 Å². The van der Waals surface area contributed by atoms with Gasteiger partial charge in [0.2, 0.25) is 0 Å². The minimum atomic E-state index is -0.804. The molecule has 0 rings (SSSR count). The third-order valence-corrected chi connectivity index (χ3v) is 12.1. The molecule has 0 bridgehead atoms. The van der Waals surface area contributed by atoms with Crippen LogP contribution in [-0.4, -0.2) is 37.2 Å². The molecule has 0 aromatic rings. The molecule has 6 heteroatoms. The van der Waals surface area contributed by atoms with Crippen LogP contribution in [0.15, 0.2) is 72.9 Å². The third-order valence-electron chi connectivity index (χ3n) is 12.1. The van der Waals surface area contributed by atoms with Crippen LogP contribution in [-0.2, 0) is 28.6 Å². The normalized spacial score (nSPS) is 12.6. The first-order valence-corrected chi connectivity index (χ1v) is 28.0. The second kappa shape index (κ2) is 54.5. The van der Waals surface area contributed by atoms with Crippen LogP contribution in [0.3, 0.4) is 0 Å². The van der Waals surface area contributed by atoms with Gasteiger partial charge >= 0.3 is 17.9 Å². The zero-order valence-electron chi connectivity index (χ0n) is 43.4. The summed E-state index contributed by atoms with van der Waals surface area (Å²) in [5.41, 5.74) is 0. The molecular formula is C60H104O6. The number of hydrogen-bond donors (Lipinski definition) is 0. The summed E-state index contributed by atoms with van der Waals surface area (Å²) in [5, 5.41) is 0. The van der Waals surface area contributed by atoms with Gasteiger partial charge in [0.15, 0.2) is 6.10 Å². The van der Waals surface area contributed by atoms with E-state index in [-0.39, 0.29) is 37.5 Å². The summed E-state index contributed by atoms with van der Waals surface area (Å²) < 4.78 is 16.8. The molecule has 1 unspecified atom stereocenters. The summed E-state index contributed by atoms with van der Waals surface area (Å²) in [6.07, 6.45) is 69.0. The first kappa shape index (κ1) is 62.8. The first-order valence-electron chi connectivity index (χ1n) is 28.0. The van der Waals surface area contributed by atoms with Gasteiger partial charge in [0.1, 0.15) is 13.2 Å². The average Bonchev–Trinajstić information content (AvgIpc) is 3.31. The van der Waals surface area contributed by atoms with Gasteiger partial charge < -0.3 is 14.2 Å². The van der Waals surface area contributed by atoms with Crippen LogP contribution in [0.25, 0.3) is 0 Å². The molecule has 0 saturated carbocycles. The van der Waals surface area contributed by atoms with Crippen LogP contribution < -0.4 is 0 Å². The van der Waals surface area contributed by atoms with Crippen molar-refractivity contribution in [2.45, 2.75) is 277 Å². The van der Waals surface area contributed by atoms with E-state index in [1.807, 2.05) is 30.4 Å². The zero-order valence-corrected chi connectivity index (χ0v) is 43.4. The van der Waals surface area contributed by atoms with Crippen LogP contribution in [0.1, 0.15) is 271 Å². The standard InChI is InChI=1S/C60H104O6/c1-4-7-10-13-16-19-22-25-27-29-30-31-33-35-38-41-44-47-50-53-59(62)65-56-57(55-64-58(61)52-49-46-43-40-37-34-24-21-18-15-12-9-6-3)66-60(63)54-51-48-45-42-39-36-32-28-26-23-20-17-14-11-8-5-2/h9,12,15,18,21,24,28,32,34,36-37,39,57H,4-8,10-11,13-14,16-17,19-20,22-23,25-27,29-31,33,35,38,40-56H2,1-3H3/b12-9+,18-15+,24-21+,32-28+,37-34+,39-36+. The average molecular weight is 921 g/mol. The lowest BCUT2D eigenvalue weighted by Crippen LogP contribution is -2.30. The lowest BCUT2D eigenvalue weighted by molar-refractivity contribution is -0.167. The number of unbranched alkanes of at least 4 members (excludes halogenated alkanes) is 31. The van der Waals surface area contributed by atoms with E-state index < -0.39 is 6.10 Å². The molecule has 0 radical (unpaired) electrons. The first-order chi connectivity index (χ1) is 32.5. The number of rotatable bonds is 50. The maximum absolute atomic E-state index is 12.8. The van der Waals surface area contributed by atoms with Gasteiger partial charge in [0.05, 0.1) is 0 Å². The molecule has 0 N–H and O–H groups in total. The van der Waals surface area contributed by atoms with Gasteiger partial charge in [-0.25, -0.2) is 0 Å². The van der Waals surface area contributed by atoms with Crippen molar-refractivity contribution in [3.8, 4) is 0 Å². The van der Waals surface area contributed by atoms with Gasteiger partial charge in [-0.1, -0.05) is 261 Å². The fraction of sp³-hybridized carbons (Fsp3) is 0.750. The number of ether oxygens (including phenoxy) is 3. The molecule has 0 spiro atoms. The fourth-order valence-corrected chi connectivity index (χ4v) is 7.86. The van der Waals surface area contributed by atoms with E-state index in [1.165, 1.54) is 148 Å². The third kappa shape index (κ3) is 51.8. The number of hydrogen-bond acceptors (Lipinski definition) is 6. The smallest absolute Gasteiger partial charge is 0.306 e. The summed E-state index contributed by atoms with van der Waals surface area (Å²) in [5.74, 6) is -0.957. The van der Waals surface area contributed by atoms with Crippen molar-refractivity contribution in [2.75, 3.05) is 13.2 Å². The molecule has 0 heterocycles. The molecule has 0 aromatic carbocycles. The van der Waals surface area contributed by atoms with Crippen molar-refractivity contribution >= 4 is 17.9 Å². The summed E-state index contributed by atoms with van der Waals surface area (Å²) in [4.78, 5) is 38.1. The van der Waals surface area contributed by atoms with Crippen LogP contribution in [0.4, 0.5) is 0 Å². The Morgan fingerprint density at radius 1 is 0.318 bits per heavy atom. The SMILES string of the molecule is CC/C=C/C=C/C=C/C=C/CCCCCC(=O)OCC(COC(=O)CCCCCCCCCCCCCCCCCCCCC)OC(=O)CCCCC/C=C/C=C/CCCCCCCCC. The molecule has 6 nitrogen and oxygen atoms in total. The van der Waals surface area contributed by atoms with Crippen molar-refractivity contribution in [1.82, 2.24) is 0 Å². The summed E-state index contributed by atoms with van der Waals surface area (Å²) in [6.45, 7) is 6.46. The molecule has 380 valence electrons. The number of carbonyl (C=O) groups excluding carboxylic acids is 3. The van der Waals surface area contributed by atoms with E-state index in [4.69, 9.17) is 14.2 Å². The molecular weight excluding hydrogens is 817 g/mol. The molecule has 0 amide bonds. The largest absolute Gasteiger partial charge is 0.462 e. The Labute approximate surface area is 408 Å². The summed E-state index contributed by atoms with van der Waals surface area (Å²) in [6, 6.07) is 0. The van der Waals surface area contributed by atoms with Crippen LogP contribution in [0, 0.1) is 0 Å². The van der Waals surface area contributed by atoms with E-state index in [0.29, 0.717) is 12.8 Å². The van der Waals surface area contributed by atoms with E-state index in [9.17, 15) is 14.4 Å². The second-order valence-corrected chi connectivity index (χ2v) is 18.6. The van der Waals surface area contributed by atoms with E-state index in [2.05, 4.69) is 63.3 Å². The number of carbonyl (C=O) groups is 3. The molecule has 0 aromatic heterocycles. The van der Waals surface area contributed by atoms with Crippen LogP contribution in [0.5, 0.6) is 0 Å². The van der Waals surface area contributed by atoms with Gasteiger partial charge in [-0.15, -0.1) is 0 Å². The van der Waals surface area contributed by atoms with Gasteiger partial charge in [-0.3, -0.25) is 14.4 Å². The molecule has 0 aliphatic carbocycles. The van der Waals surface area contributed by atoms with Crippen molar-refractivity contribution < 1.29 is 28.6 Å². The highest BCUT2D eigenvalue weighted by Crippen LogP contribution is 2.16. The summed E-state index contributed by atoms with van der Waals surface area (Å²) >= 11 is 0. The molecule has 1 atom stereocenters. The van der Waals surface area contributed by atoms with Gasteiger partial charge in [-0.05, 0) is 64.2 Å². The number of allylic oxidation sites excluding steroid dienone is 12. The highest BCUT2D eigenvalue weighted by atomic mass is 16.6. The zero-order chi connectivity index (χ0) is 47.9. The van der Waals surface area contributed by atoms with Gasteiger partial charge in [-0.2, -0.15) is 0 Å². The van der Waals surface area contributed by atoms with Crippen LogP contribution in [0.2, 0.25) is 0 Å². The van der Waals surface area contributed by atoms with Gasteiger partial charge in [0.25, 0.3) is 0 Å². The minimum absolute atomic E-state index is 0.0970. The van der Waals surface area contributed by atoms with Crippen molar-refractivity contribution in [3.63, 3.8) is 0 Å². The highest BCUT2D eigenvalue weighted by Gasteiger charge is 2.19. The van der Waals surface area contributed by atoms with Crippen molar-refractivity contribution in [3.05, 3.63) is 72.9 Å². The Bertz CT molecular complexity index is 1240.